The van der Waals surface area contributed by atoms with E-state index in [4.69, 9.17) is 4.74 Å². The van der Waals surface area contributed by atoms with Crippen molar-refractivity contribution < 1.29 is 9.84 Å². The highest BCUT2D eigenvalue weighted by Crippen LogP contribution is 2.37. The van der Waals surface area contributed by atoms with E-state index in [2.05, 4.69) is 25.9 Å². The molecule has 0 radical (unpaired) electrons. The highest BCUT2D eigenvalue weighted by atomic mass is 79.9. The third-order valence-electron chi connectivity index (χ3n) is 3.62. The molecule has 0 saturated heterocycles. The van der Waals surface area contributed by atoms with E-state index in [1.54, 1.807) is 36.4 Å². The summed E-state index contributed by atoms with van der Waals surface area (Å²) in [4.78, 5) is 19.1. The second-order valence-corrected chi connectivity index (χ2v) is 5.91. The maximum Gasteiger partial charge on any atom is 0.259 e. The number of halogens is 1. The highest BCUT2D eigenvalue weighted by Gasteiger charge is 2.12. The second kappa shape index (κ2) is 6.79. The predicted octanol–water partition coefficient (Wildman–Crippen LogP) is 3.46. The first-order valence-electron chi connectivity index (χ1n) is 7.22. The van der Waals surface area contributed by atoms with Gasteiger partial charge in [0.15, 0.2) is 17.3 Å². The van der Waals surface area contributed by atoms with Crippen molar-refractivity contribution in [3.05, 3.63) is 62.6 Å². The number of phenols is 1. The fourth-order valence-electron chi connectivity index (χ4n) is 2.36. The van der Waals surface area contributed by atoms with Crippen LogP contribution in [0.15, 0.2) is 45.7 Å². The minimum atomic E-state index is -0.321. The Hall–Kier alpha value is -3.11. The average Bonchev–Trinajstić information content (AvgIpc) is 2.63. The van der Waals surface area contributed by atoms with Crippen LogP contribution in [0.1, 0.15) is 11.4 Å². The smallest absolute Gasteiger partial charge is 0.259 e. The number of rotatable bonds is 3. The molecule has 1 heterocycles. The van der Waals surface area contributed by atoms with Crippen LogP contribution in [0.4, 0.5) is 0 Å². The van der Waals surface area contributed by atoms with Crippen molar-refractivity contribution in [1.82, 2.24) is 9.97 Å². The summed E-state index contributed by atoms with van der Waals surface area (Å²) in [6.45, 7) is 0. The lowest BCUT2D eigenvalue weighted by Gasteiger charge is -2.08. The summed E-state index contributed by atoms with van der Waals surface area (Å²) in [5.41, 5.74) is 0.885. The molecule has 7 heteroatoms. The van der Waals surface area contributed by atoms with Crippen molar-refractivity contribution in [2.24, 2.45) is 0 Å². The average molecular weight is 398 g/mol. The molecule has 25 heavy (non-hydrogen) atoms. The lowest BCUT2D eigenvalue weighted by atomic mass is 10.1. The zero-order valence-corrected chi connectivity index (χ0v) is 14.7. The Morgan fingerprint density at radius 1 is 1.36 bits per heavy atom. The van der Waals surface area contributed by atoms with Gasteiger partial charge < -0.3 is 14.8 Å². The van der Waals surface area contributed by atoms with Gasteiger partial charge in [-0.15, -0.1) is 0 Å². The molecule has 124 valence electrons. The quantitative estimate of drug-likeness (QED) is 0.659. The summed E-state index contributed by atoms with van der Waals surface area (Å²) in [5.74, 6) is 0.390. The van der Waals surface area contributed by atoms with Crippen molar-refractivity contribution in [1.29, 1.82) is 5.26 Å². The topological polar surface area (TPSA) is 99.0 Å². The van der Waals surface area contributed by atoms with Gasteiger partial charge in [-0.25, -0.2) is 4.98 Å². The summed E-state index contributed by atoms with van der Waals surface area (Å²) in [6.07, 6.45) is 1.52. The van der Waals surface area contributed by atoms with Crippen molar-refractivity contribution in [2.45, 2.75) is 0 Å². The number of ether oxygens (including phenoxy) is 1. The Labute approximate surface area is 151 Å². The number of allylic oxidation sites excluding steroid dienone is 1. The number of nitrogens with zero attached hydrogens (tertiary/aromatic N) is 2. The third kappa shape index (κ3) is 3.12. The van der Waals surface area contributed by atoms with Gasteiger partial charge in [0.2, 0.25) is 0 Å². The van der Waals surface area contributed by atoms with Gasteiger partial charge in [0.25, 0.3) is 5.56 Å². The van der Waals surface area contributed by atoms with Gasteiger partial charge in [0.1, 0.15) is 6.07 Å². The molecule has 0 atom stereocenters. The van der Waals surface area contributed by atoms with Crippen LogP contribution in [0.25, 0.3) is 22.6 Å². The molecule has 6 nitrogen and oxygen atoms in total. The number of H-pyrrole nitrogens is 1. The van der Waals surface area contributed by atoms with Gasteiger partial charge in [-0.3, -0.25) is 4.79 Å². The van der Waals surface area contributed by atoms with Crippen LogP contribution in [0, 0.1) is 11.3 Å². The summed E-state index contributed by atoms with van der Waals surface area (Å²) in [5, 5.41) is 20.0. The maximum absolute atomic E-state index is 12.2. The fraction of sp³-hybridized carbons (Fsp3) is 0.0556. The standard InChI is InChI=1S/C18H12BrN3O3/c1-25-14-7-6-10(15(19)16(14)23)8-11(9-20)17-21-13-5-3-2-4-12(13)18(24)22-17/h2-8,23H,1H3,(H,21,22,24)/b11-8-. The molecule has 1 aromatic heterocycles. The first kappa shape index (κ1) is 16.7. The van der Waals surface area contributed by atoms with Gasteiger partial charge in [-0.2, -0.15) is 5.26 Å². The van der Waals surface area contributed by atoms with Crippen molar-refractivity contribution >= 4 is 38.5 Å². The molecule has 0 spiro atoms. The first-order chi connectivity index (χ1) is 12.0. The van der Waals surface area contributed by atoms with E-state index in [-0.39, 0.29) is 22.7 Å². The van der Waals surface area contributed by atoms with Crippen LogP contribution in [0.5, 0.6) is 11.5 Å². The van der Waals surface area contributed by atoms with Crippen LogP contribution in [0.2, 0.25) is 0 Å². The number of nitrogens with one attached hydrogen (secondary N) is 1. The van der Waals surface area contributed by atoms with E-state index in [1.807, 2.05) is 6.07 Å². The van der Waals surface area contributed by atoms with Gasteiger partial charge >= 0.3 is 0 Å². The van der Waals surface area contributed by atoms with Crippen LogP contribution in [0.3, 0.4) is 0 Å². The molecule has 0 unspecified atom stereocenters. The lowest BCUT2D eigenvalue weighted by Crippen LogP contribution is -2.11. The van der Waals surface area contributed by atoms with Crippen molar-refractivity contribution in [3.63, 3.8) is 0 Å². The third-order valence-corrected chi connectivity index (χ3v) is 4.45. The van der Waals surface area contributed by atoms with Crippen LogP contribution < -0.4 is 10.3 Å². The molecule has 0 saturated carbocycles. The number of nitriles is 1. The molecule has 0 bridgehead atoms. The van der Waals surface area contributed by atoms with Crippen molar-refractivity contribution in [3.8, 4) is 17.6 Å². The highest BCUT2D eigenvalue weighted by molar-refractivity contribution is 9.10. The van der Waals surface area contributed by atoms with E-state index < -0.39 is 0 Å². The zero-order valence-electron chi connectivity index (χ0n) is 13.1. The van der Waals surface area contributed by atoms with Gasteiger partial charge in [-0.05, 0) is 51.8 Å². The Bertz CT molecular complexity index is 1100. The van der Waals surface area contributed by atoms with E-state index >= 15 is 0 Å². The van der Waals surface area contributed by atoms with Crippen LogP contribution in [-0.2, 0) is 0 Å². The number of methoxy groups -OCH3 is 1. The molecular weight excluding hydrogens is 386 g/mol. The number of hydrogen-bond donors (Lipinski definition) is 2. The maximum atomic E-state index is 12.2. The lowest BCUT2D eigenvalue weighted by molar-refractivity contribution is 0.372. The van der Waals surface area contributed by atoms with Gasteiger partial charge in [0.05, 0.1) is 28.1 Å². The molecule has 0 aliphatic carbocycles. The Morgan fingerprint density at radius 3 is 2.84 bits per heavy atom. The molecule has 3 rings (SSSR count). The molecule has 3 aromatic rings. The summed E-state index contributed by atoms with van der Waals surface area (Å²) in [6, 6.07) is 12.2. The van der Waals surface area contributed by atoms with Crippen LogP contribution >= 0.6 is 15.9 Å². The number of fused-ring (bicyclic) bond motifs is 1. The van der Waals surface area contributed by atoms with Gasteiger partial charge in [-0.1, -0.05) is 12.1 Å². The number of aromatic nitrogens is 2. The monoisotopic (exact) mass is 397 g/mol. The second-order valence-electron chi connectivity index (χ2n) is 5.12. The fourth-order valence-corrected chi connectivity index (χ4v) is 2.80. The minimum Gasteiger partial charge on any atom is -0.503 e. The van der Waals surface area contributed by atoms with E-state index in [0.717, 1.165) is 0 Å². The van der Waals surface area contributed by atoms with E-state index in [0.29, 0.717) is 26.7 Å². The first-order valence-corrected chi connectivity index (χ1v) is 8.01. The molecule has 0 amide bonds. The molecule has 2 aromatic carbocycles. The summed E-state index contributed by atoms with van der Waals surface area (Å²) in [7, 11) is 1.45. The number of hydrogen-bond acceptors (Lipinski definition) is 5. The Balaban J connectivity index is 2.16. The minimum absolute atomic E-state index is 0.0755. The predicted molar refractivity (Wildman–Crippen MR) is 98.2 cm³/mol. The number of aromatic hydroxyl groups is 1. The normalized spacial score (nSPS) is 11.3. The summed E-state index contributed by atoms with van der Waals surface area (Å²) < 4.78 is 5.41. The SMILES string of the molecule is COc1ccc(/C=C(/C#N)c2nc3ccccc3c(=O)[nH]2)c(Br)c1O. The number of aromatic amines is 1. The molecule has 2 N–H and O–H groups in total. The molecular formula is C18H12BrN3O3. The van der Waals surface area contributed by atoms with Crippen LogP contribution in [-0.4, -0.2) is 22.2 Å². The number of para-hydroxylation sites is 1. The Kier molecular flexibility index (Phi) is 4.55. The van der Waals surface area contributed by atoms with E-state index in [9.17, 15) is 15.2 Å². The molecule has 0 aliphatic rings. The van der Waals surface area contributed by atoms with E-state index in [1.165, 1.54) is 13.2 Å². The zero-order chi connectivity index (χ0) is 18.0. The summed E-state index contributed by atoms with van der Waals surface area (Å²) >= 11 is 3.28. The largest absolute Gasteiger partial charge is 0.503 e. The number of phenolic OH excluding ortho intramolecular Hbond substituents is 1. The van der Waals surface area contributed by atoms with Gasteiger partial charge in [0, 0.05) is 0 Å². The molecule has 0 aliphatic heterocycles. The van der Waals surface area contributed by atoms with Crippen molar-refractivity contribution in [2.75, 3.05) is 7.11 Å². The molecule has 0 fully saturated rings. The Morgan fingerprint density at radius 2 is 2.12 bits per heavy atom. The number of benzene rings is 2.